The summed E-state index contributed by atoms with van der Waals surface area (Å²) < 4.78 is 2.01. The molecule has 0 aliphatic carbocycles. The van der Waals surface area contributed by atoms with Crippen molar-refractivity contribution in [2.24, 2.45) is 0 Å². The summed E-state index contributed by atoms with van der Waals surface area (Å²) in [7, 11) is 0. The van der Waals surface area contributed by atoms with Crippen molar-refractivity contribution in [3.8, 4) is 5.69 Å². The lowest BCUT2D eigenvalue weighted by atomic mass is 10.3. The Kier molecular flexibility index (Phi) is 3.23. The van der Waals surface area contributed by atoms with Gasteiger partial charge in [0.2, 0.25) is 0 Å². The van der Waals surface area contributed by atoms with Crippen LogP contribution in [0.4, 0.5) is 0 Å². The molecular formula is C11H7IN2O3. The normalized spacial score (nSPS) is 10.2. The van der Waals surface area contributed by atoms with Gasteiger partial charge < -0.3 is 5.11 Å². The molecule has 0 radical (unpaired) electrons. The van der Waals surface area contributed by atoms with E-state index in [2.05, 4.69) is 27.7 Å². The molecule has 0 saturated carbocycles. The first-order valence-corrected chi connectivity index (χ1v) is 5.75. The van der Waals surface area contributed by atoms with E-state index in [4.69, 9.17) is 5.11 Å². The Morgan fingerprint density at radius 2 is 2.12 bits per heavy atom. The summed E-state index contributed by atoms with van der Waals surface area (Å²) in [5, 5.41) is 12.7. The van der Waals surface area contributed by atoms with Crippen LogP contribution in [0.5, 0.6) is 0 Å². The molecule has 0 spiro atoms. The third-order valence-corrected chi connectivity index (χ3v) is 2.80. The van der Waals surface area contributed by atoms with Crippen LogP contribution < -0.4 is 5.56 Å². The smallest absolute Gasteiger partial charge is 0.341 e. The number of hydrogen-bond acceptors (Lipinski definition) is 3. The fourth-order valence-electron chi connectivity index (χ4n) is 1.37. The van der Waals surface area contributed by atoms with Crippen LogP contribution in [0.1, 0.15) is 10.4 Å². The van der Waals surface area contributed by atoms with Crippen molar-refractivity contribution < 1.29 is 9.90 Å². The van der Waals surface area contributed by atoms with Gasteiger partial charge in [0.25, 0.3) is 5.56 Å². The quantitative estimate of drug-likeness (QED) is 0.841. The van der Waals surface area contributed by atoms with E-state index in [1.54, 1.807) is 18.2 Å². The topological polar surface area (TPSA) is 72.2 Å². The molecular weight excluding hydrogens is 335 g/mol. The summed E-state index contributed by atoms with van der Waals surface area (Å²) in [6, 6.07) is 8.28. The molecule has 5 nitrogen and oxygen atoms in total. The Morgan fingerprint density at radius 3 is 2.76 bits per heavy atom. The predicted molar refractivity (Wildman–Crippen MR) is 69.5 cm³/mol. The Hall–Kier alpha value is -1.70. The number of carbonyl (C=O) groups is 1. The minimum Gasteiger partial charge on any atom is -0.477 e. The van der Waals surface area contributed by atoms with Gasteiger partial charge in [-0.25, -0.2) is 4.79 Å². The van der Waals surface area contributed by atoms with Crippen LogP contribution in [-0.4, -0.2) is 20.9 Å². The number of aromatic nitrogens is 2. The molecule has 0 atom stereocenters. The molecule has 86 valence electrons. The molecule has 1 N–H and O–H groups in total. The maximum atomic E-state index is 11.8. The van der Waals surface area contributed by atoms with Gasteiger partial charge in [-0.05, 0) is 46.9 Å². The van der Waals surface area contributed by atoms with Gasteiger partial charge in [0.1, 0.15) is 5.56 Å². The van der Waals surface area contributed by atoms with Gasteiger partial charge in [0, 0.05) is 9.77 Å². The van der Waals surface area contributed by atoms with Crippen molar-refractivity contribution in [1.82, 2.24) is 9.78 Å². The first-order valence-electron chi connectivity index (χ1n) is 4.67. The highest BCUT2D eigenvalue weighted by Gasteiger charge is 2.11. The summed E-state index contributed by atoms with van der Waals surface area (Å²) >= 11 is 2.11. The van der Waals surface area contributed by atoms with Crippen LogP contribution in [0, 0.1) is 3.57 Å². The molecule has 1 heterocycles. The van der Waals surface area contributed by atoms with Crippen molar-refractivity contribution in [3.05, 3.63) is 56.0 Å². The number of rotatable bonds is 2. The first kappa shape index (κ1) is 11.8. The largest absolute Gasteiger partial charge is 0.477 e. The second-order valence-corrected chi connectivity index (χ2v) is 4.49. The Balaban J connectivity index is 2.65. The number of benzene rings is 1. The second kappa shape index (κ2) is 4.66. The van der Waals surface area contributed by atoms with Crippen molar-refractivity contribution in [3.63, 3.8) is 0 Å². The molecule has 0 unspecified atom stereocenters. The van der Waals surface area contributed by atoms with Crippen molar-refractivity contribution in [1.29, 1.82) is 0 Å². The van der Waals surface area contributed by atoms with Gasteiger partial charge in [-0.1, -0.05) is 6.07 Å². The summed E-state index contributed by atoms with van der Waals surface area (Å²) in [4.78, 5) is 22.7. The number of nitrogens with zero attached hydrogens (tertiary/aromatic N) is 2. The molecule has 0 saturated heterocycles. The van der Waals surface area contributed by atoms with E-state index in [1.807, 2.05) is 6.07 Å². The summed E-state index contributed by atoms with van der Waals surface area (Å²) in [5.41, 5.74) is -0.383. The monoisotopic (exact) mass is 342 g/mol. The minimum absolute atomic E-state index is 0.293. The molecule has 0 aliphatic heterocycles. The first-order chi connectivity index (χ1) is 8.09. The van der Waals surface area contributed by atoms with E-state index in [0.717, 1.165) is 8.25 Å². The fraction of sp³-hybridized carbons (Fsp3) is 0. The Bertz CT molecular complexity index is 637. The van der Waals surface area contributed by atoms with Crippen LogP contribution in [0.2, 0.25) is 0 Å². The van der Waals surface area contributed by atoms with Gasteiger partial charge in [-0.3, -0.25) is 4.79 Å². The molecule has 1 aromatic heterocycles. The van der Waals surface area contributed by atoms with Crippen molar-refractivity contribution >= 4 is 28.6 Å². The lowest BCUT2D eigenvalue weighted by Crippen LogP contribution is -2.26. The standard InChI is InChI=1S/C11H7IN2O3/c12-7-2-1-3-8(6-7)14-10(15)9(11(16)17)4-5-13-14/h1-6H,(H,16,17). The van der Waals surface area contributed by atoms with E-state index in [9.17, 15) is 9.59 Å². The van der Waals surface area contributed by atoms with Gasteiger partial charge in [0.05, 0.1) is 5.69 Å². The lowest BCUT2D eigenvalue weighted by Gasteiger charge is -2.04. The van der Waals surface area contributed by atoms with Crippen LogP contribution in [-0.2, 0) is 0 Å². The predicted octanol–water partition coefficient (Wildman–Crippen LogP) is 1.54. The molecule has 2 aromatic rings. The van der Waals surface area contributed by atoms with Gasteiger partial charge in [0.15, 0.2) is 0 Å². The maximum Gasteiger partial charge on any atom is 0.341 e. The molecule has 0 fully saturated rings. The lowest BCUT2D eigenvalue weighted by molar-refractivity contribution is 0.0694. The number of aromatic carboxylic acids is 1. The van der Waals surface area contributed by atoms with E-state index in [0.29, 0.717) is 5.69 Å². The molecule has 0 bridgehead atoms. The SMILES string of the molecule is O=C(O)c1ccnn(-c2cccc(I)c2)c1=O. The second-order valence-electron chi connectivity index (χ2n) is 3.25. The van der Waals surface area contributed by atoms with Crippen LogP contribution >= 0.6 is 22.6 Å². The average Bonchev–Trinajstić information content (AvgIpc) is 2.29. The molecule has 2 rings (SSSR count). The summed E-state index contributed by atoms with van der Waals surface area (Å²) in [6.45, 7) is 0. The van der Waals surface area contributed by atoms with Crippen LogP contribution in [0.25, 0.3) is 5.69 Å². The zero-order valence-corrected chi connectivity index (χ0v) is 10.7. The summed E-state index contributed by atoms with van der Waals surface area (Å²) in [5.74, 6) is -1.25. The van der Waals surface area contributed by atoms with E-state index >= 15 is 0 Å². The zero-order valence-electron chi connectivity index (χ0n) is 8.50. The van der Waals surface area contributed by atoms with Gasteiger partial charge >= 0.3 is 5.97 Å². The van der Waals surface area contributed by atoms with Crippen LogP contribution in [0.3, 0.4) is 0 Å². The zero-order chi connectivity index (χ0) is 12.4. The Morgan fingerprint density at radius 1 is 1.35 bits per heavy atom. The van der Waals surface area contributed by atoms with Gasteiger partial charge in [-0.15, -0.1) is 0 Å². The third-order valence-electron chi connectivity index (χ3n) is 2.13. The van der Waals surface area contributed by atoms with E-state index in [-0.39, 0.29) is 5.56 Å². The molecule has 0 amide bonds. The molecule has 17 heavy (non-hydrogen) atoms. The number of halogens is 1. The highest BCUT2D eigenvalue weighted by Crippen LogP contribution is 2.09. The van der Waals surface area contributed by atoms with E-state index in [1.165, 1.54) is 12.3 Å². The summed E-state index contributed by atoms with van der Waals surface area (Å²) in [6.07, 6.45) is 1.30. The minimum atomic E-state index is -1.25. The average molecular weight is 342 g/mol. The number of carboxylic acids is 1. The third kappa shape index (κ3) is 2.36. The number of carboxylic acid groups (broad SMARTS) is 1. The van der Waals surface area contributed by atoms with Gasteiger partial charge in [-0.2, -0.15) is 9.78 Å². The number of hydrogen-bond donors (Lipinski definition) is 1. The molecule has 6 heteroatoms. The fourth-order valence-corrected chi connectivity index (χ4v) is 1.89. The van der Waals surface area contributed by atoms with Crippen molar-refractivity contribution in [2.45, 2.75) is 0 Å². The molecule has 1 aromatic carbocycles. The van der Waals surface area contributed by atoms with E-state index < -0.39 is 11.5 Å². The highest BCUT2D eigenvalue weighted by atomic mass is 127. The van der Waals surface area contributed by atoms with Crippen molar-refractivity contribution in [2.75, 3.05) is 0 Å². The molecule has 0 aliphatic rings. The highest BCUT2D eigenvalue weighted by molar-refractivity contribution is 14.1. The Labute approximate surface area is 110 Å². The maximum absolute atomic E-state index is 11.8. The van der Waals surface area contributed by atoms with Crippen LogP contribution in [0.15, 0.2) is 41.3 Å².